The molecule has 2 N–H and O–H groups in total. The van der Waals surface area contributed by atoms with Crippen molar-refractivity contribution in [2.45, 2.75) is 6.61 Å². The molecule has 1 aromatic carbocycles. The van der Waals surface area contributed by atoms with E-state index in [0.717, 1.165) is 4.88 Å². The van der Waals surface area contributed by atoms with Crippen molar-refractivity contribution in [3.05, 3.63) is 56.4 Å². The lowest BCUT2D eigenvalue weighted by molar-refractivity contribution is 0.128. The first-order chi connectivity index (χ1) is 8.66. The molecule has 0 unspecified atom stereocenters. The highest BCUT2D eigenvalue weighted by atomic mass is 79.9. The second-order valence-electron chi connectivity index (χ2n) is 3.46. The van der Waals surface area contributed by atoms with E-state index < -0.39 is 0 Å². The van der Waals surface area contributed by atoms with E-state index in [-0.39, 0.29) is 12.4 Å². The Labute approximate surface area is 116 Å². The Hall–Kier alpha value is -1.40. The van der Waals surface area contributed by atoms with Crippen LogP contribution >= 0.6 is 27.3 Å². The van der Waals surface area contributed by atoms with Crippen LogP contribution in [0.3, 0.4) is 0 Å². The predicted octanol–water partition coefficient (Wildman–Crippen LogP) is 3.49. The Morgan fingerprint density at radius 1 is 1.44 bits per heavy atom. The second kappa shape index (κ2) is 5.97. The molecular formula is C12H10BrFN2OS. The summed E-state index contributed by atoms with van der Waals surface area (Å²) in [6.07, 6.45) is 0. The van der Waals surface area contributed by atoms with E-state index in [4.69, 9.17) is 10.6 Å². The van der Waals surface area contributed by atoms with Gasteiger partial charge in [-0.1, -0.05) is 33.2 Å². The summed E-state index contributed by atoms with van der Waals surface area (Å²) in [7, 11) is 0. The first kappa shape index (κ1) is 13.0. The Morgan fingerprint density at radius 2 is 2.28 bits per heavy atom. The zero-order valence-electron chi connectivity index (χ0n) is 9.27. The normalized spacial score (nSPS) is 11.6. The lowest BCUT2D eigenvalue weighted by Gasteiger charge is -2.03. The topological polar surface area (TPSA) is 47.6 Å². The maximum absolute atomic E-state index is 13.5. The third-order valence-corrected chi connectivity index (χ3v) is 3.56. The zero-order valence-corrected chi connectivity index (χ0v) is 11.7. The molecule has 0 radical (unpaired) electrons. The largest absolute Gasteiger partial charge is 0.389 e. The van der Waals surface area contributed by atoms with Crippen LogP contribution < -0.4 is 5.73 Å². The number of thiophene rings is 1. The van der Waals surface area contributed by atoms with Crippen LogP contribution in [0.4, 0.5) is 4.39 Å². The lowest BCUT2D eigenvalue weighted by atomic mass is 10.2. The van der Waals surface area contributed by atoms with Gasteiger partial charge in [0.15, 0.2) is 5.84 Å². The molecule has 0 spiro atoms. The van der Waals surface area contributed by atoms with E-state index in [9.17, 15) is 4.39 Å². The average molecular weight is 329 g/mol. The number of hydrogen-bond donors (Lipinski definition) is 1. The highest BCUT2D eigenvalue weighted by Crippen LogP contribution is 2.16. The van der Waals surface area contributed by atoms with E-state index >= 15 is 0 Å². The zero-order chi connectivity index (χ0) is 13.0. The van der Waals surface area contributed by atoms with Crippen LogP contribution in [0.2, 0.25) is 0 Å². The molecule has 0 aliphatic heterocycles. The highest BCUT2D eigenvalue weighted by molar-refractivity contribution is 9.10. The molecule has 1 heterocycles. The van der Waals surface area contributed by atoms with Crippen molar-refractivity contribution < 1.29 is 9.23 Å². The van der Waals surface area contributed by atoms with Crippen LogP contribution in [-0.4, -0.2) is 5.84 Å². The predicted molar refractivity (Wildman–Crippen MR) is 73.9 cm³/mol. The molecule has 3 nitrogen and oxygen atoms in total. The van der Waals surface area contributed by atoms with Gasteiger partial charge in [-0.15, -0.1) is 11.3 Å². The quantitative estimate of drug-likeness (QED) is 0.530. The van der Waals surface area contributed by atoms with Gasteiger partial charge in [0.25, 0.3) is 0 Å². The summed E-state index contributed by atoms with van der Waals surface area (Å²) in [5.74, 6) is -0.0446. The molecule has 0 atom stereocenters. The molecule has 0 amide bonds. The van der Waals surface area contributed by atoms with Gasteiger partial charge in [-0.05, 0) is 23.6 Å². The van der Waals surface area contributed by atoms with Crippen molar-refractivity contribution in [2.75, 3.05) is 0 Å². The van der Waals surface area contributed by atoms with Crippen molar-refractivity contribution in [1.29, 1.82) is 0 Å². The number of hydrogen-bond acceptors (Lipinski definition) is 3. The van der Waals surface area contributed by atoms with Gasteiger partial charge in [0.1, 0.15) is 12.4 Å². The molecule has 0 saturated carbocycles. The molecule has 0 saturated heterocycles. The molecule has 94 valence electrons. The van der Waals surface area contributed by atoms with Crippen LogP contribution in [0.15, 0.2) is 45.3 Å². The number of rotatable bonds is 4. The summed E-state index contributed by atoms with van der Waals surface area (Å²) in [6, 6.07) is 8.47. The molecule has 18 heavy (non-hydrogen) atoms. The summed E-state index contributed by atoms with van der Waals surface area (Å²) < 4.78 is 14.1. The first-order valence-corrected chi connectivity index (χ1v) is 6.77. The summed E-state index contributed by atoms with van der Waals surface area (Å²) in [5, 5.41) is 5.65. The van der Waals surface area contributed by atoms with E-state index in [2.05, 4.69) is 21.1 Å². The number of nitrogens with zero attached hydrogens (tertiary/aromatic N) is 1. The maximum atomic E-state index is 13.5. The fraction of sp³-hybridized carbons (Fsp3) is 0.0833. The summed E-state index contributed by atoms with van der Waals surface area (Å²) in [4.78, 5) is 5.87. The number of benzene rings is 1. The van der Waals surface area contributed by atoms with Gasteiger partial charge >= 0.3 is 0 Å². The van der Waals surface area contributed by atoms with Crippen LogP contribution in [0.25, 0.3) is 0 Å². The molecule has 0 aliphatic carbocycles. The van der Waals surface area contributed by atoms with E-state index in [0.29, 0.717) is 15.9 Å². The Morgan fingerprint density at radius 3 is 2.94 bits per heavy atom. The third kappa shape index (κ3) is 3.30. The Kier molecular flexibility index (Phi) is 4.33. The van der Waals surface area contributed by atoms with Gasteiger partial charge in [-0.3, -0.25) is 0 Å². The smallest absolute Gasteiger partial charge is 0.180 e. The van der Waals surface area contributed by atoms with Crippen LogP contribution in [0.5, 0.6) is 0 Å². The maximum Gasteiger partial charge on any atom is 0.180 e. The van der Waals surface area contributed by atoms with Crippen molar-refractivity contribution >= 4 is 33.1 Å². The Bertz CT molecular complexity index is 557. The fourth-order valence-corrected chi connectivity index (χ4v) is 2.23. The average Bonchev–Trinajstić information content (AvgIpc) is 2.85. The van der Waals surface area contributed by atoms with Crippen molar-refractivity contribution in [3.8, 4) is 0 Å². The minimum atomic E-state index is -0.339. The second-order valence-corrected chi connectivity index (χ2v) is 5.33. The van der Waals surface area contributed by atoms with Gasteiger partial charge in [0.05, 0.1) is 4.88 Å². The summed E-state index contributed by atoms with van der Waals surface area (Å²) >= 11 is 4.65. The number of oxime groups is 1. The van der Waals surface area contributed by atoms with Crippen LogP contribution in [0.1, 0.15) is 10.4 Å². The van der Waals surface area contributed by atoms with Crippen LogP contribution in [-0.2, 0) is 11.4 Å². The van der Waals surface area contributed by atoms with Gasteiger partial charge in [0.2, 0.25) is 0 Å². The molecular weight excluding hydrogens is 319 g/mol. The number of amidine groups is 1. The van der Waals surface area contributed by atoms with Crippen molar-refractivity contribution in [3.63, 3.8) is 0 Å². The van der Waals surface area contributed by atoms with Gasteiger partial charge in [-0.25, -0.2) is 4.39 Å². The van der Waals surface area contributed by atoms with Gasteiger partial charge < -0.3 is 10.6 Å². The monoisotopic (exact) mass is 328 g/mol. The Balaban J connectivity index is 1.98. The SMILES string of the molecule is NC(=NOCc1ccc(Br)cc1F)c1cccs1. The van der Waals surface area contributed by atoms with Crippen molar-refractivity contribution in [1.82, 2.24) is 0 Å². The number of nitrogens with two attached hydrogens (primary N) is 1. The van der Waals surface area contributed by atoms with Crippen LogP contribution in [0, 0.1) is 5.82 Å². The van der Waals surface area contributed by atoms with E-state index in [1.54, 1.807) is 12.1 Å². The molecule has 0 fully saturated rings. The molecule has 1 aromatic heterocycles. The summed E-state index contributed by atoms with van der Waals surface area (Å²) in [6.45, 7) is 0.0468. The van der Waals surface area contributed by atoms with E-state index in [1.807, 2.05) is 17.5 Å². The van der Waals surface area contributed by atoms with Gasteiger partial charge in [0, 0.05) is 10.0 Å². The molecule has 6 heteroatoms. The van der Waals surface area contributed by atoms with Crippen molar-refractivity contribution in [2.24, 2.45) is 10.9 Å². The lowest BCUT2D eigenvalue weighted by Crippen LogP contribution is -2.12. The summed E-state index contributed by atoms with van der Waals surface area (Å²) in [5.41, 5.74) is 6.13. The fourth-order valence-electron chi connectivity index (χ4n) is 1.28. The molecule has 2 rings (SSSR count). The standard InChI is InChI=1S/C12H10BrFN2OS/c13-9-4-3-8(10(14)6-9)7-17-16-12(15)11-2-1-5-18-11/h1-6H,7H2,(H2,15,16). The van der Waals surface area contributed by atoms with Gasteiger partial charge in [-0.2, -0.15) is 0 Å². The molecule has 0 bridgehead atoms. The minimum Gasteiger partial charge on any atom is -0.389 e. The van der Waals surface area contributed by atoms with E-state index in [1.165, 1.54) is 17.4 Å². The number of halogens is 2. The first-order valence-electron chi connectivity index (χ1n) is 5.10. The highest BCUT2D eigenvalue weighted by Gasteiger charge is 2.04. The molecule has 0 aliphatic rings. The minimum absolute atomic E-state index is 0.0468. The third-order valence-electron chi connectivity index (χ3n) is 2.17. The molecule has 2 aromatic rings.